The number of hydrogen-bond acceptors (Lipinski definition) is 3. The molecule has 0 aliphatic carbocycles. The quantitative estimate of drug-likeness (QED) is 0.670. The Bertz CT molecular complexity index is 964. The highest BCUT2D eigenvalue weighted by Crippen LogP contribution is 2.17. The third-order valence-electron chi connectivity index (χ3n) is 4.39. The number of carbonyl (C=O) groups excluding carboxylic acids is 2. The van der Waals surface area contributed by atoms with Gasteiger partial charge in [0.1, 0.15) is 5.75 Å². The van der Waals surface area contributed by atoms with Crippen molar-refractivity contribution in [1.29, 1.82) is 0 Å². The average molecular weight is 374 g/mol. The minimum atomic E-state index is -0.219. The van der Waals surface area contributed by atoms with Gasteiger partial charge in [-0.25, -0.2) is 0 Å². The molecule has 3 aromatic rings. The van der Waals surface area contributed by atoms with Crippen LogP contribution in [0.4, 0.5) is 11.4 Å². The van der Waals surface area contributed by atoms with Crippen molar-refractivity contribution in [3.63, 3.8) is 0 Å². The summed E-state index contributed by atoms with van der Waals surface area (Å²) in [5, 5.41) is 5.69. The summed E-state index contributed by atoms with van der Waals surface area (Å²) in [6.07, 6.45) is 0.312. The van der Waals surface area contributed by atoms with E-state index in [2.05, 4.69) is 10.6 Å². The molecule has 0 atom stereocenters. The van der Waals surface area contributed by atoms with E-state index in [9.17, 15) is 9.59 Å². The molecule has 0 unspecified atom stereocenters. The lowest BCUT2D eigenvalue weighted by Gasteiger charge is -2.09. The van der Waals surface area contributed by atoms with Crippen molar-refractivity contribution in [2.75, 3.05) is 17.7 Å². The van der Waals surface area contributed by atoms with Gasteiger partial charge in [-0.2, -0.15) is 0 Å². The molecule has 28 heavy (non-hydrogen) atoms. The first-order valence-electron chi connectivity index (χ1n) is 8.95. The van der Waals surface area contributed by atoms with Crippen LogP contribution in [0.1, 0.15) is 21.5 Å². The van der Waals surface area contributed by atoms with Gasteiger partial charge in [-0.1, -0.05) is 24.3 Å². The fourth-order valence-corrected chi connectivity index (χ4v) is 2.77. The smallest absolute Gasteiger partial charge is 0.255 e. The molecule has 0 bridgehead atoms. The SMILES string of the molecule is COc1ccc(NC(=O)c2ccc(NC(=O)Cc3ccccc3C)cc2)cc1. The molecule has 0 heterocycles. The van der Waals surface area contributed by atoms with Crippen LogP contribution in [0.25, 0.3) is 0 Å². The van der Waals surface area contributed by atoms with Crippen molar-refractivity contribution < 1.29 is 14.3 Å². The molecule has 2 N–H and O–H groups in total. The third kappa shape index (κ3) is 4.98. The molecule has 0 saturated carbocycles. The third-order valence-corrected chi connectivity index (χ3v) is 4.39. The Morgan fingerprint density at radius 2 is 1.43 bits per heavy atom. The largest absolute Gasteiger partial charge is 0.497 e. The van der Waals surface area contributed by atoms with Crippen molar-refractivity contribution in [3.05, 3.63) is 89.5 Å². The Labute approximate surface area is 164 Å². The van der Waals surface area contributed by atoms with Crippen LogP contribution in [-0.4, -0.2) is 18.9 Å². The number of rotatable bonds is 6. The number of benzene rings is 3. The zero-order chi connectivity index (χ0) is 19.9. The number of ether oxygens (including phenoxy) is 1. The summed E-state index contributed by atoms with van der Waals surface area (Å²) < 4.78 is 5.10. The fourth-order valence-electron chi connectivity index (χ4n) is 2.77. The molecule has 0 spiro atoms. The molecule has 0 aromatic heterocycles. The van der Waals surface area contributed by atoms with Gasteiger partial charge in [0.15, 0.2) is 0 Å². The lowest BCUT2D eigenvalue weighted by atomic mass is 10.1. The Morgan fingerprint density at radius 3 is 2.07 bits per heavy atom. The van der Waals surface area contributed by atoms with Crippen molar-refractivity contribution >= 4 is 23.2 Å². The predicted octanol–water partition coefficient (Wildman–Crippen LogP) is 4.44. The zero-order valence-electron chi connectivity index (χ0n) is 15.9. The number of carbonyl (C=O) groups is 2. The maximum Gasteiger partial charge on any atom is 0.255 e. The summed E-state index contributed by atoms with van der Waals surface area (Å²) in [7, 11) is 1.59. The van der Waals surface area contributed by atoms with Crippen LogP contribution in [0.3, 0.4) is 0 Å². The van der Waals surface area contributed by atoms with Crippen molar-refractivity contribution in [2.45, 2.75) is 13.3 Å². The van der Waals surface area contributed by atoms with Crippen LogP contribution < -0.4 is 15.4 Å². The second kappa shape index (κ2) is 8.86. The minimum Gasteiger partial charge on any atom is -0.497 e. The van der Waals surface area contributed by atoms with E-state index in [-0.39, 0.29) is 11.8 Å². The fraction of sp³-hybridized carbons (Fsp3) is 0.130. The molecule has 0 radical (unpaired) electrons. The lowest BCUT2D eigenvalue weighted by Crippen LogP contribution is -2.15. The maximum atomic E-state index is 12.4. The van der Waals surface area contributed by atoms with Crippen LogP contribution in [0, 0.1) is 6.92 Å². The molecule has 0 aliphatic heterocycles. The number of methoxy groups -OCH3 is 1. The molecule has 142 valence electrons. The number of anilines is 2. The van der Waals surface area contributed by atoms with Gasteiger partial charge < -0.3 is 15.4 Å². The van der Waals surface area contributed by atoms with E-state index in [0.29, 0.717) is 23.4 Å². The van der Waals surface area contributed by atoms with Gasteiger partial charge in [-0.3, -0.25) is 9.59 Å². The monoisotopic (exact) mass is 374 g/mol. The van der Waals surface area contributed by atoms with Gasteiger partial charge in [0.25, 0.3) is 5.91 Å². The first kappa shape index (κ1) is 19.2. The van der Waals surface area contributed by atoms with Gasteiger partial charge in [0, 0.05) is 16.9 Å². The van der Waals surface area contributed by atoms with Crippen molar-refractivity contribution in [1.82, 2.24) is 0 Å². The Morgan fingerprint density at radius 1 is 0.821 bits per heavy atom. The van der Waals surface area contributed by atoms with E-state index in [4.69, 9.17) is 4.74 Å². The number of hydrogen-bond donors (Lipinski definition) is 2. The van der Waals surface area contributed by atoms with E-state index < -0.39 is 0 Å². The molecule has 2 amide bonds. The van der Waals surface area contributed by atoms with Crippen LogP contribution in [-0.2, 0) is 11.2 Å². The molecule has 5 nitrogen and oxygen atoms in total. The molecule has 0 saturated heterocycles. The van der Waals surface area contributed by atoms with Gasteiger partial charge in [0.05, 0.1) is 13.5 Å². The normalized spacial score (nSPS) is 10.2. The second-order valence-corrected chi connectivity index (χ2v) is 6.41. The zero-order valence-corrected chi connectivity index (χ0v) is 15.9. The Kier molecular flexibility index (Phi) is 6.07. The van der Waals surface area contributed by atoms with E-state index in [1.807, 2.05) is 31.2 Å². The molecule has 3 aromatic carbocycles. The van der Waals surface area contributed by atoms with E-state index in [1.54, 1.807) is 55.6 Å². The van der Waals surface area contributed by atoms with Gasteiger partial charge in [-0.15, -0.1) is 0 Å². The average Bonchev–Trinajstić information content (AvgIpc) is 2.71. The summed E-state index contributed by atoms with van der Waals surface area (Å²) >= 11 is 0. The van der Waals surface area contributed by atoms with Gasteiger partial charge >= 0.3 is 0 Å². The van der Waals surface area contributed by atoms with Crippen molar-refractivity contribution in [2.24, 2.45) is 0 Å². The van der Waals surface area contributed by atoms with Gasteiger partial charge in [0.2, 0.25) is 5.91 Å². The molecule has 0 aliphatic rings. The van der Waals surface area contributed by atoms with Crippen LogP contribution in [0.15, 0.2) is 72.8 Å². The highest BCUT2D eigenvalue weighted by molar-refractivity contribution is 6.04. The molecular formula is C23H22N2O3. The van der Waals surface area contributed by atoms with Crippen LogP contribution >= 0.6 is 0 Å². The van der Waals surface area contributed by atoms with Crippen molar-refractivity contribution in [3.8, 4) is 5.75 Å². The molecule has 3 rings (SSSR count). The van der Waals surface area contributed by atoms with E-state index in [0.717, 1.165) is 16.9 Å². The first-order chi connectivity index (χ1) is 13.5. The highest BCUT2D eigenvalue weighted by Gasteiger charge is 2.09. The summed E-state index contributed by atoms with van der Waals surface area (Å²) in [5.74, 6) is 0.413. The second-order valence-electron chi connectivity index (χ2n) is 6.41. The topological polar surface area (TPSA) is 67.4 Å². The standard InChI is InChI=1S/C23H22N2O3/c1-16-5-3-4-6-18(16)15-22(26)24-19-9-7-17(8-10-19)23(27)25-20-11-13-21(28-2)14-12-20/h3-14H,15H2,1-2H3,(H,24,26)(H,25,27). The summed E-state index contributed by atoms with van der Waals surface area (Å²) in [6.45, 7) is 1.98. The van der Waals surface area contributed by atoms with E-state index >= 15 is 0 Å². The first-order valence-corrected chi connectivity index (χ1v) is 8.95. The number of aryl methyl sites for hydroxylation is 1. The number of amides is 2. The molecule has 0 fully saturated rings. The molecule has 5 heteroatoms. The number of nitrogens with one attached hydrogen (secondary N) is 2. The summed E-state index contributed by atoms with van der Waals surface area (Å²) in [5.41, 5.74) is 3.92. The highest BCUT2D eigenvalue weighted by atomic mass is 16.5. The summed E-state index contributed by atoms with van der Waals surface area (Å²) in [4.78, 5) is 24.6. The van der Waals surface area contributed by atoms with Gasteiger partial charge in [-0.05, 0) is 66.6 Å². The predicted molar refractivity (Wildman–Crippen MR) is 111 cm³/mol. The maximum absolute atomic E-state index is 12.4. The van der Waals surface area contributed by atoms with E-state index in [1.165, 1.54) is 0 Å². The molecular weight excluding hydrogens is 352 g/mol. The minimum absolute atomic E-state index is 0.0928. The van der Waals surface area contributed by atoms with Crippen LogP contribution in [0.2, 0.25) is 0 Å². The Hall–Kier alpha value is -3.60. The lowest BCUT2D eigenvalue weighted by molar-refractivity contribution is -0.115. The summed E-state index contributed by atoms with van der Waals surface area (Å²) in [6, 6.07) is 21.7. The van der Waals surface area contributed by atoms with Crippen LogP contribution in [0.5, 0.6) is 5.75 Å². The Balaban J connectivity index is 1.58.